The molecule has 1 aromatic carbocycles. The zero-order chi connectivity index (χ0) is 8.55. The van der Waals surface area contributed by atoms with Crippen molar-refractivity contribution in [3.8, 4) is 0 Å². The molecule has 0 amide bonds. The minimum absolute atomic E-state index is 0.289. The zero-order valence-electron chi connectivity index (χ0n) is 6.25. The second-order valence-corrected chi connectivity index (χ2v) is 2.56. The Morgan fingerprint density at radius 2 is 2.08 bits per heavy atom. The SMILES string of the molecule is Nc1c[o+]c2ccc(F)cc2c1. The number of hydrogen-bond donors (Lipinski definition) is 1. The van der Waals surface area contributed by atoms with Gasteiger partial charge in [0.25, 0.3) is 0 Å². The molecule has 0 saturated heterocycles. The highest BCUT2D eigenvalue weighted by atomic mass is 19.1. The average molecular weight is 164 g/mol. The Labute approximate surface area is 68.4 Å². The Balaban J connectivity index is 2.80. The molecule has 0 aliphatic rings. The van der Waals surface area contributed by atoms with Crippen molar-refractivity contribution in [1.29, 1.82) is 0 Å². The van der Waals surface area contributed by atoms with E-state index in [0.717, 1.165) is 0 Å². The Kier molecular flexibility index (Phi) is 1.43. The molecule has 0 fully saturated rings. The molecule has 2 nitrogen and oxygen atoms in total. The zero-order valence-corrected chi connectivity index (χ0v) is 6.25. The van der Waals surface area contributed by atoms with Crippen molar-refractivity contribution in [1.82, 2.24) is 0 Å². The molecule has 0 aliphatic heterocycles. The van der Waals surface area contributed by atoms with Gasteiger partial charge in [0.1, 0.15) is 11.5 Å². The Morgan fingerprint density at radius 3 is 2.92 bits per heavy atom. The van der Waals surface area contributed by atoms with Gasteiger partial charge in [-0.2, -0.15) is 0 Å². The van der Waals surface area contributed by atoms with E-state index in [0.29, 0.717) is 16.7 Å². The molecule has 0 aliphatic carbocycles. The molecule has 12 heavy (non-hydrogen) atoms. The lowest BCUT2D eigenvalue weighted by Crippen LogP contribution is -1.83. The number of rotatable bonds is 0. The highest BCUT2D eigenvalue weighted by Gasteiger charge is 2.06. The van der Waals surface area contributed by atoms with Crippen molar-refractivity contribution < 1.29 is 8.81 Å². The molecule has 0 radical (unpaired) electrons. The molecule has 0 atom stereocenters. The van der Waals surface area contributed by atoms with Crippen LogP contribution in [-0.2, 0) is 0 Å². The van der Waals surface area contributed by atoms with Crippen molar-refractivity contribution in [3.63, 3.8) is 0 Å². The maximum absolute atomic E-state index is 12.7. The largest absolute Gasteiger partial charge is 0.392 e. The lowest BCUT2D eigenvalue weighted by molar-refractivity contribution is 0.599. The van der Waals surface area contributed by atoms with Gasteiger partial charge in [-0.3, -0.25) is 0 Å². The van der Waals surface area contributed by atoms with Crippen LogP contribution in [0.5, 0.6) is 0 Å². The summed E-state index contributed by atoms with van der Waals surface area (Å²) in [6.45, 7) is 0. The van der Waals surface area contributed by atoms with Crippen LogP contribution in [0.1, 0.15) is 0 Å². The number of anilines is 1. The van der Waals surface area contributed by atoms with E-state index in [1.165, 1.54) is 18.4 Å². The van der Waals surface area contributed by atoms with Crippen LogP contribution >= 0.6 is 0 Å². The summed E-state index contributed by atoms with van der Waals surface area (Å²) < 4.78 is 17.8. The quantitative estimate of drug-likeness (QED) is 0.607. The van der Waals surface area contributed by atoms with Crippen LogP contribution in [0, 0.1) is 5.82 Å². The molecule has 2 rings (SSSR count). The number of hydrogen-bond acceptors (Lipinski definition) is 1. The highest BCUT2D eigenvalue weighted by molar-refractivity contribution is 5.78. The highest BCUT2D eigenvalue weighted by Crippen LogP contribution is 2.17. The number of benzene rings is 1. The molecule has 1 heterocycles. The van der Waals surface area contributed by atoms with Gasteiger partial charge in [-0.25, -0.2) is 8.81 Å². The van der Waals surface area contributed by atoms with Gasteiger partial charge in [-0.15, -0.1) is 0 Å². The minimum Gasteiger partial charge on any atom is -0.392 e. The number of nitrogens with two attached hydrogens (primary N) is 1. The standard InChI is InChI=1S/C9H7FNO/c10-7-1-2-9-6(3-7)4-8(11)5-12-9/h1-5H,11H2/q+1. The number of halogens is 1. The second-order valence-electron chi connectivity index (χ2n) is 2.56. The number of fused-ring (bicyclic) bond motifs is 1. The molecule has 2 N–H and O–H groups in total. The van der Waals surface area contributed by atoms with Crippen LogP contribution in [0.2, 0.25) is 0 Å². The normalized spacial score (nSPS) is 10.4. The fraction of sp³-hybridized carbons (Fsp3) is 0. The van der Waals surface area contributed by atoms with E-state index in [-0.39, 0.29) is 5.82 Å². The summed E-state index contributed by atoms with van der Waals surface area (Å²) >= 11 is 0. The second kappa shape index (κ2) is 2.44. The van der Waals surface area contributed by atoms with E-state index >= 15 is 0 Å². The van der Waals surface area contributed by atoms with Crippen LogP contribution in [0.25, 0.3) is 11.0 Å². The first-order chi connectivity index (χ1) is 5.75. The summed E-state index contributed by atoms with van der Waals surface area (Å²) in [5.41, 5.74) is 6.58. The summed E-state index contributed by atoms with van der Waals surface area (Å²) in [7, 11) is 0. The number of nitrogen functional groups attached to an aromatic ring is 1. The van der Waals surface area contributed by atoms with Crippen molar-refractivity contribution in [2.75, 3.05) is 5.73 Å². The predicted octanol–water partition coefficient (Wildman–Crippen LogP) is 2.44. The van der Waals surface area contributed by atoms with E-state index in [1.54, 1.807) is 12.1 Å². The molecule has 2 aromatic rings. The van der Waals surface area contributed by atoms with Crippen molar-refractivity contribution >= 4 is 16.7 Å². The van der Waals surface area contributed by atoms with E-state index in [9.17, 15) is 4.39 Å². The first-order valence-electron chi connectivity index (χ1n) is 3.52. The fourth-order valence-electron chi connectivity index (χ4n) is 1.08. The van der Waals surface area contributed by atoms with Crippen LogP contribution < -0.4 is 5.73 Å². The van der Waals surface area contributed by atoms with Gasteiger partial charge in [0.2, 0.25) is 0 Å². The first-order valence-corrected chi connectivity index (χ1v) is 3.52. The van der Waals surface area contributed by atoms with Gasteiger partial charge < -0.3 is 5.73 Å². The van der Waals surface area contributed by atoms with Gasteiger partial charge in [0.05, 0.1) is 5.39 Å². The van der Waals surface area contributed by atoms with E-state index in [1.807, 2.05) is 0 Å². The Morgan fingerprint density at radius 1 is 1.25 bits per heavy atom. The van der Waals surface area contributed by atoms with Crippen molar-refractivity contribution in [2.24, 2.45) is 0 Å². The van der Waals surface area contributed by atoms with Crippen LogP contribution in [0.4, 0.5) is 10.1 Å². The third-order valence-electron chi connectivity index (χ3n) is 1.62. The molecule has 3 heteroatoms. The summed E-state index contributed by atoms with van der Waals surface area (Å²) in [5, 5.41) is 0.676. The predicted molar refractivity (Wildman–Crippen MR) is 45.0 cm³/mol. The van der Waals surface area contributed by atoms with E-state index in [2.05, 4.69) is 0 Å². The van der Waals surface area contributed by atoms with Gasteiger partial charge in [0.15, 0.2) is 0 Å². The van der Waals surface area contributed by atoms with Crippen LogP contribution in [-0.4, -0.2) is 0 Å². The monoisotopic (exact) mass is 164 g/mol. The summed E-state index contributed by atoms with van der Waals surface area (Å²) in [5.74, 6) is -0.289. The molecule has 60 valence electrons. The van der Waals surface area contributed by atoms with Gasteiger partial charge in [-0.1, -0.05) is 0 Å². The smallest absolute Gasteiger partial charge is 0.360 e. The van der Waals surface area contributed by atoms with Gasteiger partial charge >= 0.3 is 11.8 Å². The molecular formula is C9H7FNO+. The lowest BCUT2D eigenvalue weighted by Gasteiger charge is -1.88. The summed E-state index contributed by atoms with van der Waals surface area (Å²) in [4.78, 5) is 0. The maximum Gasteiger partial charge on any atom is 0.360 e. The third-order valence-corrected chi connectivity index (χ3v) is 1.62. The maximum atomic E-state index is 12.7. The van der Waals surface area contributed by atoms with Crippen molar-refractivity contribution in [3.05, 3.63) is 36.3 Å². The first kappa shape index (κ1) is 7.03. The van der Waals surface area contributed by atoms with Crippen LogP contribution in [0.3, 0.4) is 0 Å². The molecular weight excluding hydrogens is 157 g/mol. The Hall–Kier alpha value is -1.64. The minimum atomic E-state index is -0.289. The van der Waals surface area contributed by atoms with Crippen molar-refractivity contribution in [2.45, 2.75) is 0 Å². The summed E-state index contributed by atoms with van der Waals surface area (Å²) in [6.07, 6.45) is 1.43. The lowest BCUT2D eigenvalue weighted by atomic mass is 10.2. The molecule has 0 saturated carbocycles. The molecule has 0 unspecified atom stereocenters. The molecule has 0 bridgehead atoms. The topological polar surface area (TPSA) is 37.3 Å². The molecule has 0 spiro atoms. The fourth-order valence-corrected chi connectivity index (χ4v) is 1.08. The van der Waals surface area contributed by atoms with Gasteiger partial charge in [-0.05, 0) is 18.2 Å². The summed E-state index contributed by atoms with van der Waals surface area (Å²) in [6, 6.07) is 5.98. The molecule has 1 aromatic heterocycles. The van der Waals surface area contributed by atoms with Crippen LogP contribution in [0.15, 0.2) is 34.9 Å². The average Bonchev–Trinajstić information content (AvgIpc) is 2.03. The van der Waals surface area contributed by atoms with E-state index in [4.69, 9.17) is 10.2 Å². The van der Waals surface area contributed by atoms with E-state index < -0.39 is 0 Å². The van der Waals surface area contributed by atoms with Gasteiger partial charge in [0, 0.05) is 6.07 Å². The third kappa shape index (κ3) is 1.09. The Bertz CT molecular complexity index is 391.